The summed E-state index contributed by atoms with van der Waals surface area (Å²) >= 11 is 6.16. The van der Waals surface area contributed by atoms with Crippen LogP contribution < -0.4 is 9.62 Å². The Morgan fingerprint density at radius 2 is 1.97 bits per heavy atom. The quantitative estimate of drug-likeness (QED) is 0.554. The summed E-state index contributed by atoms with van der Waals surface area (Å²) in [5.41, 5.74) is 2.64. The Labute approximate surface area is 207 Å². The first kappa shape index (κ1) is 23.6. The van der Waals surface area contributed by atoms with Crippen molar-refractivity contribution >= 4 is 50.5 Å². The standard InChI is InChI=1S/C23H25ClN6O4S/c1-14-11-30-21(25-22(14)28-12-16(31)13-28)10-19(26-30)20-5-3-4-8-29(20)23(32)17-9-15(24)6-7-18(17)27-35(2,33)34/h6-7,9-11,20,27H,3-5,8,12-13H2,1-2H3/t20-/m0/s1. The minimum atomic E-state index is -3.59. The summed E-state index contributed by atoms with van der Waals surface area (Å²) < 4.78 is 27.8. The van der Waals surface area contributed by atoms with Gasteiger partial charge in [-0.2, -0.15) is 5.10 Å². The third-order valence-electron chi connectivity index (χ3n) is 6.27. The number of Topliss-reactive ketones (excluding diaryl/α,β-unsaturated/α-hetero) is 1. The lowest BCUT2D eigenvalue weighted by atomic mass is 9.98. The lowest BCUT2D eigenvalue weighted by Gasteiger charge is -2.35. The Kier molecular flexibility index (Phi) is 5.92. The molecule has 1 aromatic carbocycles. The molecule has 2 saturated heterocycles. The molecule has 184 valence electrons. The SMILES string of the molecule is Cc1cn2nc([C@@H]3CCCCN3C(=O)c3cc(Cl)ccc3NS(C)(=O)=O)cc2nc1N1CC(=O)C1. The van der Waals surface area contributed by atoms with Gasteiger partial charge >= 0.3 is 0 Å². The molecule has 1 amide bonds. The number of ketones is 1. The second-order valence-corrected chi connectivity index (χ2v) is 11.3. The van der Waals surface area contributed by atoms with Crippen LogP contribution in [0.4, 0.5) is 11.5 Å². The van der Waals surface area contributed by atoms with E-state index in [2.05, 4.69) is 4.72 Å². The summed E-state index contributed by atoms with van der Waals surface area (Å²) in [6.45, 7) is 3.16. The molecule has 2 aliphatic heterocycles. The van der Waals surface area contributed by atoms with Crippen molar-refractivity contribution in [3.63, 3.8) is 0 Å². The number of rotatable bonds is 5. The van der Waals surface area contributed by atoms with E-state index in [-0.39, 0.29) is 29.0 Å². The molecule has 10 nitrogen and oxygen atoms in total. The first-order chi connectivity index (χ1) is 16.6. The van der Waals surface area contributed by atoms with Crippen molar-refractivity contribution in [1.29, 1.82) is 0 Å². The van der Waals surface area contributed by atoms with Gasteiger partial charge in [-0.3, -0.25) is 14.3 Å². The minimum absolute atomic E-state index is 0.183. The van der Waals surface area contributed by atoms with Gasteiger partial charge in [-0.25, -0.2) is 17.9 Å². The molecule has 1 N–H and O–H groups in total. The fourth-order valence-corrected chi connectivity index (χ4v) is 5.40. The maximum Gasteiger partial charge on any atom is 0.256 e. The number of aromatic nitrogens is 3. The van der Waals surface area contributed by atoms with Crippen LogP contribution in [0.1, 0.15) is 46.9 Å². The average molecular weight is 517 g/mol. The van der Waals surface area contributed by atoms with Crippen molar-refractivity contribution in [2.75, 3.05) is 35.5 Å². The van der Waals surface area contributed by atoms with Crippen LogP contribution >= 0.6 is 11.6 Å². The zero-order valence-electron chi connectivity index (χ0n) is 19.4. The van der Waals surface area contributed by atoms with Crippen LogP contribution in [0.5, 0.6) is 0 Å². The smallest absolute Gasteiger partial charge is 0.256 e. The monoisotopic (exact) mass is 516 g/mol. The van der Waals surface area contributed by atoms with Crippen LogP contribution in [0.2, 0.25) is 5.02 Å². The minimum Gasteiger partial charge on any atom is -0.341 e. The van der Waals surface area contributed by atoms with Crippen molar-refractivity contribution in [3.05, 3.63) is 52.3 Å². The largest absolute Gasteiger partial charge is 0.341 e. The highest BCUT2D eigenvalue weighted by Gasteiger charge is 2.33. The third-order valence-corrected chi connectivity index (χ3v) is 7.10. The molecular formula is C23H25ClN6O4S. The van der Waals surface area contributed by atoms with Crippen molar-refractivity contribution in [3.8, 4) is 0 Å². The predicted octanol–water partition coefficient (Wildman–Crippen LogP) is 2.82. The number of amides is 1. The summed E-state index contributed by atoms with van der Waals surface area (Å²) in [6.07, 6.45) is 5.40. The van der Waals surface area contributed by atoms with Gasteiger partial charge in [0, 0.05) is 29.4 Å². The Morgan fingerprint density at radius 1 is 1.20 bits per heavy atom. The number of carbonyl (C=O) groups is 2. The Morgan fingerprint density at radius 3 is 2.69 bits per heavy atom. The van der Waals surface area contributed by atoms with E-state index < -0.39 is 10.0 Å². The van der Waals surface area contributed by atoms with E-state index in [1.807, 2.05) is 24.1 Å². The van der Waals surface area contributed by atoms with Crippen molar-refractivity contribution in [2.45, 2.75) is 32.2 Å². The van der Waals surface area contributed by atoms with Crippen molar-refractivity contribution in [2.24, 2.45) is 0 Å². The summed E-state index contributed by atoms with van der Waals surface area (Å²) in [5.74, 6) is 0.627. The van der Waals surface area contributed by atoms with Gasteiger partial charge in [-0.15, -0.1) is 0 Å². The molecule has 0 saturated carbocycles. The van der Waals surface area contributed by atoms with E-state index in [9.17, 15) is 18.0 Å². The number of nitrogens with one attached hydrogen (secondary N) is 1. The van der Waals surface area contributed by atoms with Gasteiger partial charge in [0.15, 0.2) is 11.4 Å². The molecule has 4 heterocycles. The zero-order valence-corrected chi connectivity index (χ0v) is 20.9. The molecule has 12 heteroatoms. The number of benzene rings is 1. The van der Waals surface area contributed by atoms with Crippen LogP contribution in [0.3, 0.4) is 0 Å². The number of likely N-dealkylation sites (tertiary alicyclic amines) is 1. The number of halogens is 1. The fraction of sp³-hybridized carbons (Fsp3) is 0.391. The second kappa shape index (κ2) is 8.80. The number of sulfonamides is 1. The highest BCUT2D eigenvalue weighted by molar-refractivity contribution is 7.92. The highest BCUT2D eigenvalue weighted by Crippen LogP contribution is 2.34. The average Bonchev–Trinajstić information content (AvgIpc) is 3.19. The summed E-state index contributed by atoms with van der Waals surface area (Å²) in [7, 11) is -3.59. The van der Waals surface area contributed by atoms with Gasteiger partial charge in [0.05, 0.1) is 42.3 Å². The molecule has 5 rings (SSSR count). The molecule has 1 atom stereocenters. The first-order valence-corrected chi connectivity index (χ1v) is 13.6. The lowest BCUT2D eigenvalue weighted by Crippen LogP contribution is -2.48. The van der Waals surface area contributed by atoms with Crippen LogP contribution in [0.25, 0.3) is 5.65 Å². The summed E-state index contributed by atoms with van der Waals surface area (Å²) in [5, 5.41) is 5.06. The van der Waals surface area contributed by atoms with Gasteiger partial charge in [-0.05, 0) is 44.4 Å². The van der Waals surface area contributed by atoms with Crippen LogP contribution in [-0.4, -0.2) is 65.5 Å². The van der Waals surface area contributed by atoms with Crippen molar-refractivity contribution in [1.82, 2.24) is 19.5 Å². The number of piperidine rings is 1. The number of carbonyl (C=O) groups excluding carboxylic acids is 2. The van der Waals surface area contributed by atoms with E-state index in [0.29, 0.717) is 36.0 Å². The van der Waals surface area contributed by atoms with E-state index in [4.69, 9.17) is 21.7 Å². The number of aryl methyl sites for hydroxylation is 1. The molecule has 2 fully saturated rings. The van der Waals surface area contributed by atoms with Crippen LogP contribution in [0.15, 0.2) is 30.5 Å². The zero-order chi connectivity index (χ0) is 24.9. The van der Waals surface area contributed by atoms with E-state index in [1.54, 1.807) is 15.5 Å². The number of nitrogens with zero attached hydrogens (tertiary/aromatic N) is 5. The molecular weight excluding hydrogens is 492 g/mol. The second-order valence-electron chi connectivity index (χ2n) is 9.09. The molecule has 2 aromatic heterocycles. The molecule has 0 spiro atoms. The lowest BCUT2D eigenvalue weighted by molar-refractivity contribution is -0.119. The summed E-state index contributed by atoms with van der Waals surface area (Å²) in [4.78, 5) is 33.5. The normalized spacial score (nSPS) is 18.6. The highest BCUT2D eigenvalue weighted by atomic mass is 35.5. The molecule has 2 aliphatic rings. The predicted molar refractivity (Wildman–Crippen MR) is 132 cm³/mol. The number of fused-ring (bicyclic) bond motifs is 1. The number of anilines is 2. The van der Waals surface area contributed by atoms with Crippen LogP contribution in [-0.2, 0) is 14.8 Å². The molecule has 0 aliphatic carbocycles. The van der Waals surface area contributed by atoms with Gasteiger partial charge in [-0.1, -0.05) is 11.6 Å². The Hall–Kier alpha value is -3.18. The van der Waals surface area contributed by atoms with Gasteiger partial charge in [0.1, 0.15) is 5.82 Å². The maximum atomic E-state index is 13.7. The van der Waals surface area contributed by atoms with Gasteiger partial charge < -0.3 is 9.80 Å². The molecule has 0 unspecified atom stereocenters. The number of hydrogen-bond donors (Lipinski definition) is 1. The third kappa shape index (κ3) is 4.70. The van der Waals surface area contributed by atoms with Crippen LogP contribution in [0, 0.1) is 6.92 Å². The number of hydrogen-bond acceptors (Lipinski definition) is 7. The topological polar surface area (TPSA) is 117 Å². The molecule has 0 radical (unpaired) electrons. The first-order valence-electron chi connectivity index (χ1n) is 11.3. The molecule has 35 heavy (non-hydrogen) atoms. The van der Waals surface area contributed by atoms with Gasteiger partial charge in [0.2, 0.25) is 10.0 Å². The molecule has 3 aromatic rings. The van der Waals surface area contributed by atoms with E-state index in [1.165, 1.54) is 12.1 Å². The molecule has 0 bridgehead atoms. The Balaban J connectivity index is 1.49. The van der Waals surface area contributed by atoms with E-state index in [0.717, 1.165) is 36.9 Å². The van der Waals surface area contributed by atoms with Gasteiger partial charge in [0.25, 0.3) is 5.91 Å². The Bertz CT molecular complexity index is 1450. The van der Waals surface area contributed by atoms with Crippen molar-refractivity contribution < 1.29 is 18.0 Å². The maximum absolute atomic E-state index is 13.7. The summed E-state index contributed by atoms with van der Waals surface area (Å²) in [6, 6.07) is 6.10. The fourth-order valence-electron chi connectivity index (χ4n) is 4.65. The van der Waals surface area contributed by atoms with E-state index >= 15 is 0 Å².